The minimum Gasteiger partial charge on any atom is -0.481 e. The van der Waals surface area contributed by atoms with E-state index < -0.39 is 16.8 Å². The van der Waals surface area contributed by atoms with Crippen LogP contribution in [0.1, 0.15) is 45.6 Å². The molecule has 0 fully saturated rings. The average molecular weight is 267 g/mol. The number of rotatable bonds is 4. The highest BCUT2D eigenvalue weighted by molar-refractivity contribution is 5.73. The molecule has 0 radical (unpaired) electrons. The Kier molecular flexibility index (Phi) is 3.84. The van der Waals surface area contributed by atoms with Gasteiger partial charge in [0, 0.05) is 12.5 Å². The molecule has 0 saturated carbocycles. The van der Waals surface area contributed by atoms with Crippen LogP contribution in [0.5, 0.6) is 0 Å². The molecule has 1 N–H and O–H groups in total. The maximum absolute atomic E-state index is 12.0. The molecule has 106 valence electrons. The number of hydrogen-bond acceptors (Lipinski definition) is 4. The molecule has 0 saturated heterocycles. The van der Waals surface area contributed by atoms with Crippen LogP contribution >= 0.6 is 0 Å². The second-order valence-electron chi connectivity index (χ2n) is 6.19. The number of aryl methyl sites for hydroxylation is 2. The molecule has 0 aliphatic rings. The number of carboxylic acid groups (broad SMARTS) is 1. The molecule has 19 heavy (non-hydrogen) atoms. The summed E-state index contributed by atoms with van der Waals surface area (Å²) in [5, 5.41) is 13.4. The predicted molar refractivity (Wildman–Crippen MR) is 71.1 cm³/mol. The van der Waals surface area contributed by atoms with E-state index in [2.05, 4.69) is 10.1 Å². The number of nitrogens with zero attached hydrogens (tertiary/aromatic N) is 3. The molecule has 0 bridgehead atoms. The molecule has 0 aliphatic carbocycles. The van der Waals surface area contributed by atoms with Crippen molar-refractivity contribution in [2.24, 2.45) is 12.5 Å². The summed E-state index contributed by atoms with van der Waals surface area (Å²) in [5.74, 6) is -0.362. The van der Waals surface area contributed by atoms with Crippen LogP contribution in [0.2, 0.25) is 0 Å². The van der Waals surface area contributed by atoms with E-state index in [1.165, 1.54) is 4.68 Å². The van der Waals surface area contributed by atoms with Gasteiger partial charge >= 0.3 is 5.97 Å². The molecule has 0 aromatic carbocycles. The van der Waals surface area contributed by atoms with Gasteiger partial charge in [0.05, 0.1) is 5.41 Å². The Hall–Kier alpha value is -1.72. The Balaban J connectivity index is 3.25. The van der Waals surface area contributed by atoms with Gasteiger partial charge in [0.1, 0.15) is 11.5 Å². The Morgan fingerprint density at radius 3 is 2.32 bits per heavy atom. The van der Waals surface area contributed by atoms with Crippen LogP contribution in [-0.4, -0.2) is 25.8 Å². The van der Waals surface area contributed by atoms with Gasteiger partial charge < -0.3 is 5.11 Å². The molecule has 6 nitrogen and oxygen atoms in total. The van der Waals surface area contributed by atoms with E-state index >= 15 is 0 Å². The summed E-state index contributed by atoms with van der Waals surface area (Å²) in [4.78, 5) is 27.1. The SMILES string of the molecule is Cc1nc(=O)c(C(C)(C)CC(C)(C)C(=O)O)nn1C. The Morgan fingerprint density at radius 2 is 1.84 bits per heavy atom. The van der Waals surface area contributed by atoms with Crippen molar-refractivity contribution in [1.29, 1.82) is 0 Å². The molecule has 1 aromatic rings. The van der Waals surface area contributed by atoms with Crippen molar-refractivity contribution in [3.8, 4) is 0 Å². The molecule has 1 heterocycles. The third kappa shape index (κ3) is 3.19. The van der Waals surface area contributed by atoms with E-state index in [9.17, 15) is 14.7 Å². The smallest absolute Gasteiger partial charge is 0.309 e. The van der Waals surface area contributed by atoms with Gasteiger partial charge in [0.15, 0.2) is 0 Å². The lowest BCUT2D eigenvalue weighted by atomic mass is 9.73. The molecule has 0 atom stereocenters. The maximum Gasteiger partial charge on any atom is 0.309 e. The van der Waals surface area contributed by atoms with Crippen molar-refractivity contribution in [2.45, 2.75) is 46.5 Å². The van der Waals surface area contributed by atoms with Gasteiger partial charge in [-0.3, -0.25) is 14.3 Å². The molecule has 6 heteroatoms. The van der Waals surface area contributed by atoms with Crippen molar-refractivity contribution >= 4 is 5.97 Å². The first kappa shape index (κ1) is 15.3. The van der Waals surface area contributed by atoms with Crippen LogP contribution in [-0.2, 0) is 17.3 Å². The summed E-state index contributed by atoms with van der Waals surface area (Å²) in [7, 11) is 1.71. The zero-order valence-electron chi connectivity index (χ0n) is 12.3. The summed E-state index contributed by atoms with van der Waals surface area (Å²) < 4.78 is 1.53. The van der Waals surface area contributed by atoms with Crippen LogP contribution in [0.3, 0.4) is 0 Å². The fraction of sp³-hybridized carbons (Fsp3) is 0.692. The van der Waals surface area contributed by atoms with E-state index in [0.717, 1.165) is 0 Å². The van der Waals surface area contributed by atoms with Crippen LogP contribution in [0.4, 0.5) is 0 Å². The lowest BCUT2D eigenvalue weighted by Gasteiger charge is -2.31. The molecule has 0 unspecified atom stereocenters. The second kappa shape index (κ2) is 4.75. The van der Waals surface area contributed by atoms with Crippen molar-refractivity contribution < 1.29 is 9.90 Å². The minimum absolute atomic E-state index is 0.301. The lowest BCUT2D eigenvalue weighted by molar-refractivity contribution is -0.148. The standard InChI is InChI=1S/C13H21N3O3/c1-8-14-10(17)9(15-16(8)6)12(2,3)7-13(4,5)11(18)19/h7H2,1-6H3,(H,18,19). The topological polar surface area (TPSA) is 85.1 Å². The van der Waals surface area contributed by atoms with Crippen molar-refractivity contribution in [1.82, 2.24) is 14.8 Å². The zero-order valence-corrected chi connectivity index (χ0v) is 12.3. The Bertz CT molecular complexity index is 559. The van der Waals surface area contributed by atoms with Crippen LogP contribution in [0.25, 0.3) is 0 Å². The fourth-order valence-electron chi connectivity index (χ4n) is 2.23. The fourth-order valence-corrected chi connectivity index (χ4v) is 2.23. The second-order valence-corrected chi connectivity index (χ2v) is 6.19. The van der Waals surface area contributed by atoms with Gasteiger partial charge in [-0.2, -0.15) is 10.1 Å². The van der Waals surface area contributed by atoms with E-state index in [0.29, 0.717) is 17.9 Å². The maximum atomic E-state index is 12.0. The van der Waals surface area contributed by atoms with Gasteiger partial charge in [-0.15, -0.1) is 0 Å². The summed E-state index contributed by atoms with van der Waals surface area (Å²) in [6, 6.07) is 0. The number of aliphatic carboxylic acids is 1. The number of hydrogen-bond donors (Lipinski definition) is 1. The zero-order chi connectivity index (χ0) is 15.0. The lowest BCUT2D eigenvalue weighted by Crippen LogP contribution is -2.38. The third-order valence-corrected chi connectivity index (χ3v) is 3.29. The molecule has 0 amide bonds. The molecule has 0 spiro atoms. The summed E-state index contributed by atoms with van der Waals surface area (Å²) in [5.41, 5.74) is -1.67. The predicted octanol–water partition coefficient (Wildman–Crippen LogP) is 1.26. The van der Waals surface area contributed by atoms with Gasteiger partial charge in [-0.05, 0) is 27.2 Å². The van der Waals surface area contributed by atoms with Crippen molar-refractivity contribution in [3.63, 3.8) is 0 Å². The van der Waals surface area contributed by atoms with Gasteiger partial charge in [0.2, 0.25) is 0 Å². The first-order valence-corrected chi connectivity index (χ1v) is 6.13. The molecule has 0 aliphatic heterocycles. The van der Waals surface area contributed by atoms with Crippen LogP contribution in [0.15, 0.2) is 4.79 Å². The molecule has 1 rings (SSSR count). The summed E-state index contributed by atoms with van der Waals surface area (Å²) >= 11 is 0. The monoisotopic (exact) mass is 267 g/mol. The van der Waals surface area contributed by atoms with E-state index in [1.807, 2.05) is 13.8 Å². The average Bonchev–Trinajstić information content (AvgIpc) is 2.21. The van der Waals surface area contributed by atoms with E-state index in [1.54, 1.807) is 27.8 Å². The highest BCUT2D eigenvalue weighted by atomic mass is 16.4. The first-order chi connectivity index (χ1) is 8.47. The summed E-state index contributed by atoms with van der Waals surface area (Å²) in [6.07, 6.45) is 0.308. The number of aromatic nitrogens is 3. The van der Waals surface area contributed by atoms with Crippen molar-refractivity contribution in [2.75, 3.05) is 0 Å². The molecular weight excluding hydrogens is 246 g/mol. The quantitative estimate of drug-likeness (QED) is 0.887. The van der Waals surface area contributed by atoms with Gasteiger partial charge in [-0.1, -0.05) is 13.8 Å². The molecule has 1 aromatic heterocycles. The third-order valence-electron chi connectivity index (χ3n) is 3.29. The minimum atomic E-state index is -0.929. The van der Waals surface area contributed by atoms with Gasteiger partial charge in [-0.25, -0.2) is 0 Å². The highest BCUT2D eigenvalue weighted by Gasteiger charge is 2.38. The van der Waals surface area contributed by atoms with Crippen LogP contribution < -0.4 is 5.56 Å². The Morgan fingerprint density at radius 1 is 1.32 bits per heavy atom. The normalized spacial score (nSPS) is 12.5. The van der Waals surface area contributed by atoms with Gasteiger partial charge in [0.25, 0.3) is 5.56 Å². The van der Waals surface area contributed by atoms with Crippen molar-refractivity contribution in [3.05, 3.63) is 21.9 Å². The van der Waals surface area contributed by atoms with E-state index in [4.69, 9.17) is 0 Å². The Labute approximate surface area is 112 Å². The highest BCUT2D eigenvalue weighted by Crippen LogP contribution is 2.34. The molecular formula is C13H21N3O3. The van der Waals surface area contributed by atoms with E-state index in [-0.39, 0.29) is 5.56 Å². The van der Waals surface area contributed by atoms with Crippen LogP contribution in [0, 0.1) is 12.3 Å². The number of carbonyl (C=O) groups is 1. The summed E-state index contributed by atoms with van der Waals surface area (Å²) in [6.45, 7) is 8.62. The largest absolute Gasteiger partial charge is 0.481 e. The number of carboxylic acids is 1. The first-order valence-electron chi connectivity index (χ1n) is 6.13.